The molecule has 7 nitrogen and oxygen atoms in total. The fraction of sp³-hybridized carbons (Fsp3) is 0.769. The number of nitrogens with one attached hydrogen (secondary N) is 2. The number of likely N-dealkylation sites (tertiary alicyclic amines) is 1. The number of nitrogens with zero attached hydrogens (tertiary/aromatic N) is 1. The van der Waals surface area contributed by atoms with Crippen LogP contribution >= 0.6 is 0 Å². The third-order valence-corrected chi connectivity index (χ3v) is 4.20. The third-order valence-electron chi connectivity index (χ3n) is 4.20. The summed E-state index contributed by atoms with van der Waals surface area (Å²) in [5.41, 5.74) is 0. The summed E-state index contributed by atoms with van der Waals surface area (Å²) in [6, 6.07) is -1.09. The first-order valence-electron chi connectivity index (χ1n) is 7.06. The van der Waals surface area contributed by atoms with E-state index in [1.165, 1.54) is 4.90 Å². The van der Waals surface area contributed by atoms with E-state index in [-0.39, 0.29) is 18.0 Å². The molecule has 1 aliphatic heterocycles. The quantitative estimate of drug-likeness (QED) is 0.687. The second-order valence-electron chi connectivity index (χ2n) is 5.40. The van der Waals surface area contributed by atoms with E-state index in [2.05, 4.69) is 10.6 Å². The molecular formula is C13H21N3O4. The van der Waals surface area contributed by atoms with Crippen LogP contribution in [0.25, 0.3) is 0 Å². The summed E-state index contributed by atoms with van der Waals surface area (Å²) in [5.74, 6) is -1.55. The number of carbonyl (C=O) groups excluding carboxylic acids is 2. The number of carbonyl (C=O) groups is 3. The molecular weight excluding hydrogens is 262 g/mol. The van der Waals surface area contributed by atoms with Crippen LogP contribution in [0.4, 0.5) is 4.79 Å². The van der Waals surface area contributed by atoms with Crippen LogP contribution in [0, 0.1) is 5.92 Å². The van der Waals surface area contributed by atoms with Gasteiger partial charge in [0, 0.05) is 19.6 Å². The van der Waals surface area contributed by atoms with E-state index in [4.69, 9.17) is 5.11 Å². The van der Waals surface area contributed by atoms with Crippen molar-refractivity contribution in [2.24, 2.45) is 5.92 Å². The lowest BCUT2D eigenvalue weighted by molar-refractivity contribution is -0.142. The zero-order valence-corrected chi connectivity index (χ0v) is 11.6. The van der Waals surface area contributed by atoms with Crippen molar-refractivity contribution in [1.82, 2.24) is 15.5 Å². The van der Waals surface area contributed by atoms with E-state index in [1.807, 2.05) is 0 Å². The molecule has 3 N–H and O–H groups in total. The molecule has 7 heteroatoms. The highest BCUT2D eigenvalue weighted by Gasteiger charge is 2.38. The summed E-state index contributed by atoms with van der Waals surface area (Å²) < 4.78 is 0. The molecule has 1 heterocycles. The SMILES string of the molecule is CNC(=O)C1CCCN1C(=O)NC1CCCC1C(=O)O. The fourth-order valence-corrected chi connectivity index (χ4v) is 3.12. The van der Waals surface area contributed by atoms with Crippen molar-refractivity contribution in [2.75, 3.05) is 13.6 Å². The zero-order chi connectivity index (χ0) is 14.7. The summed E-state index contributed by atoms with van der Waals surface area (Å²) >= 11 is 0. The molecule has 0 aromatic heterocycles. The number of likely N-dealkylation sites (N-methyl/N-ethyl adjacent to an activating group) is 1. The van der Waals surface area contributed by atoms with Gasteiger partial charge in [0.1, 0.15) is 6.04 Å². The van der Waals surface area contributed by atoms with Gasteiger partial charge in [-0.1, -0.05) is 6.42 Å². The molecule has 1 saturated heterocycles. The first kappa shape index (κ1) is 14.6. The van der Waals surface area contributed by atoms with Crippen molar-refractivity contribution in [1.29, 1.82) is 0 Å². The van der Waals surface area contributed by atoms with Gasteiger partial charge in [-0.25, -0.2) is 4.79 Å². The summed E-state index contributed by atoms with van der Waals surface area (Å²) in [4.78, 5) is 36.6. The molecule has 0 aromatic carbocycles. The van der Waals surface area contributed by atoms with Crippen molar-refractivity contribution < 1.29 is 19.5 Å². The molecule has 3 atom stereocenters. The van der Waals surface area contributed by atoms with Crippen LogP contribution in [-0.4, -0.2) is 53.6 Å². The van der Waals surface area contributed by atoms with Gasteiger partial charge in [0.05, 0.1) is 5.92 Å². The second-order valence-corrected chi connectivity index (χ2v) is 5.40. The minimum atomic E-state index is -0.864. The van der Waals surface area contributed by atoms with E-state index in [9.17, 15) is 14.4 Å². The minimum Gasteiger partial charge on any atom is -0.481 e. The minimum absolute atomic E-state index is 0.168. The van der Waals surface area contributed by atoms with Gasteiger partial charge >= 0.3 is 12.0 Å². The molecule has 112 valence electrons. The number of aliphatic carboxylic acids is 1. The Balaban J connectivity index is 1.97. The van der Waals surface area contributed by atoms with Crippen LogP contribution in [0.5, 0.6) is 0 Å². The van der Waals surface area contributed by atoms with Crippen molar-refractivity contribution >= 4 is 17.9 Å². The van der Waals surface area contributed by atoms with Crippen LogP contribution in [0.3, 0.4) is 0 Å². The van der Waals surface area contributed by atoms with Gasteiger partial charge < -0.3 is 20.6 Å². The Labute approximate surface area is 117 Å². The van der Waals surface area contributed by atoms with Gasteiger partial charge in [0.2, 0.25) is 5.91 Å². The second kappa shape index (κ2) is 6.11. The van der Waals surface area contributed by atoms with Crippen molar-refractivity contribution in [3.05, 3.63) is 0 Å². The molecule has 1 saturated carbocycles. The van der Waals surface area contributed by atoms with Crippen LogP contribution in [0.2, 0.25) is 0 Å². The molecule has 0 bridgehead atoms. The number of carboxylic acids is 1. The average molecular weight is 283 g/mol. The Kier molecular flexibility index (Phi) is 4.46. The predicted octanol–water partition coefficient (Wildman–Crippen LogP) is 0.160. The summed E-state index contributed by atoms with van der Waals surface area (Å²) in [6.07, 6.45) is 3.53. The summed E-state index contributed by atoms with van der Waals surface area (Å²) in [5, 5.41) is 14.5. The number of hydrogen-bond acceptors (Lipinski definition) is 3. The Morgan fingerprint density at radius 1 is 1.15 bits per heavy atom. The molecule has 0 spiro atoms. The smallest absolute Gasteiger partial charge is 0.318 e. The molecule has 2 aliphatic rings. The summed E-state index contributed by atoms with van der Waals surface area (Å²) in [7, 11) is 1.55. The van der Waals surface area contributed by atoms with E-state index in [0.717, 1.165) is 12.8 Å². The Bertz CT molecular complexity index is 412. The maximum absolute atomic E-state index is 12.2. The molecule has 2 rings (SSSR count). The molecule has 1 aliphatic carbocycles. The molecule has 20 heavy (non-hydrogen) atoms. The average Bonchev–Trinajstić information content (AvgIpc) is 3.05. The van der Waals surface area contributed by atoms with Gasteiger partial charge in [-0.05, 0) is 25.7 Å². The van der Waals surface area contributed by atoms with Crippen LogP contribution in [0.1, 0.15) is 32.1 Å². The number of rotatable bonds is 3. The van der Waals surface area contributed by atoms with Gasteiger partial charge in [0.25, 0.3) is 0 Å². The monoisotopic (exact) mass is 283 g/mol. The Morgan fingerprint density at radius 2 is 1.90 bits per heavy atom. The normalized spacial score (nSPS) is 29.2. The van der Waals surface area contributed by atoms with E-state index in [0.29, 0.717) is 25.8 Å². The molecule has 3 unspecified atom stereocenters. The van der Waals surface area contributed by atoms with E-state index in [1.54, 1.807) is 7.05 Å². The Hall–Kier alpha value is -1.79. The van der Waals surface area contributed by atoms with Gasteiger partial charge in [0.15, 0.2) is 0 Å². The van der Waals surface area contributed by atoms with Crippen LogP contribution in [0.15, 0.2) is 0 Å². The number of amides is 3. The maximum atomic E-state index is 12.2. The maximum Gasteiger partial charge on any atom is 0.318 e. The zero-order valence-electron chi connectivity index (χ0n) is 11.6. The van der Waals surface area contributed by atoms with E-state index < -0.39 is 17.9 Å². The first-order valence-corrected chi connectivity index (χ1v) is 7.06. The highest BCUT2D eigenvalue weighted by Crippen LogP contribution is 2.26. The fourth-order valence-electron chi connectivity index (χ4n) is 3.12. The van der Waals surface area contributed by atoms with Crippen LogP contribution in [-0.2, 0) is 9.59 Å². The standard InChI is InChI=1S/C13H21N3O4/c1-14-11(17)10-6-3-7-16(10)13(20)15-9-5-2-4-8(9)12(18)19/h8-10H,2-7H2,1H3,(H,14,17)(H,15,20)(H,18,19). The Morgan fingerprint density at radius 3 is 2.55 bits per heavy atom. The highest BCUT2D eigenvalue weighted by molar-refractivity contribution is 5.87. The highest BCUT2D eigenvalue weighted by atomic mass is 16.4. The lowest BCUT2D eigenvalue weighted by Crippen LogP contribution is -2.52. The van der Waals surface area contributed by atoms with E-state index >= 15 is 0 Å². The third kappa shape index (κ3) is 2.86. The topological polar surface area (TPSA) is 98.7 Å². The van der Waals surface area contributed by atoms with Crippen molar-refractivity contribution in [3.63, 3.8) is 0 Å². The molecule has 3 amide bonds. The molecule has 0 aromatic rings. The molecule has 2 fully saturated rings. The van der Waals surface area contributed by atoms with Gasteiger partial charge in [-0.2, -0.15) is 0 Å². The number of urea groups is 1. The molecule has 0 radical (unpaired) electrons. The largest absolute Gasteiger partial charge is 0.481 e. The van der Waals surface area contributed by atoms with Crippen LogP contribution < -0.4 is 10.6 Å². The van der Waals surface area contributed by atoms with Crippen molar-refractivity contribution in [2.45, 2.75) is 44.2 Å². The van der Waals surface area contributed by atoms with Crippen molar-refractivity contribution in [3.8, 4) is 0 Å². The lowest BCUT2D eigenvalue weighted by Gasteiger charge is -2.26. The number of hydrogen-bond donors (Lipinski definition) is 3. The first-order chi connectivity index (χ1) is 9.54. The van der Waals surface area contributed by atoms with Gasteiger partial charge in [-0.3, -0.25) is 9.59 Å². The predicted molar refractivity (Wildman–Crippen MR) is 71.1 cm³/mol. The number of carboxylic acid groups (broad SMARTS) is 1. The lowest BCUT2D eigenvalue weighted by atomic mass is 10.0. The van der Waals surface area contributed by atoms with Gasteiger partial charge in [-0.15, -0.1) is 0 Å². The summed E-state index contributed by atoms with van der Waals surface area (Å²) in [6.45, 7) is 0.536.